The van der Waals surface area contributed by atoms with Crippen LogP contribution in [0.4, 0.5) is 0 Å². The van der Waals surface area contributed by atoms with Gasteiger partial charge in [-0.15, -0.1) is 0 Å². The molecule has 1 fully saturated rings. The fourth-order valence-electron chi connectivity index (χ4n) is 3.67. The fraction of sp³-hybridized carbons (Fsp3) is 0.381. The van der Waals surface area contributed by atoms with Crippen LogP contribution in [0.1, 0.15) is 37.7 Å². The van der Waals surface area contributed by atoms with Crippen molar-refractivity contribution in [2.45, 2.75) is 51.5 Å². The van der Waals surface area contributed by atoms with E-state index in [0.717, 1.165) is 6.54 Å². The third-order valence-electron chi connectivity index (χ3n) is 4.98. The van der Waals surface area contributed by atoms with Gasteiger partial charge < -0.3 is 17.1 Å². The molecule has 1 aromatic heterocycles. The number of rotatable bonds is 5. The minimum atomic E-state index is 0. The zero-order valence-corrected chi connectivity index (χ0v) is 15.2. The largest absolute Gasteiger partial charge is 1.00 e. The molecular formula is C21H25ClN2O. The third-order valence-corrected chi connectivity index (χ3v) is 4.98. The smallest absolute Gasteiger partial charge is 0.246 e. The maximum atomic E-state index is 6.19. The van der Waals surface area contributed by atoms with E-state index in [0.29, 0.717) is 12.8 Å². The van der Waals surface area contributed by atoms with Gasteiger partial charge in [0.25, 0.3) is 0 Å². The number of hydrogen-bond acceptors (Lipinski definition) is 1. The first-order valence-electron chi connectivity index (χ1n) is 9.03. The number of halogens is 1. The Bertz CT molecular complexity index is 794. The molecule has 132 valence electrons. The quantitative estimate of drug-likeness (QED) is 0.630. The predicted octanol–water partition coefficient (Wildman–Crippen LogP) is 1.29. The van der Waals surface area contributed by atoms with Crippen molar-refractivity contribution < 1.29 is 21.7 Å². The molecule has 3 aromatic rings. The summed E-state index contributed by atoms with van der Waals surface area (Å²) in [6.07, 6.45) is 9.04. The lowest BCUT2D eigenvalue weighted by Crippen LogP contribution is -3.00. The van der Waals surface area contributed by atoms with E-state index in [9.17, 15) is 0 Å². The van der Waals surface area contributed by atoms with Gasteiger partial charge in [0.1, 0.15) is 6.54 Å². The molecule has 4 heteroatoms. The van der Waals surface area contributed by atoms with Crippen LogP contribution in [-0.2, 0) is 18.0 Å². The lowest BCUT2D eigenvalue weighted by Gasteiger charge is -2.20. The Hall–Kier alpha value is -1.84. The van der Waals surface area contributed by atoms with Gasteiger partial charge in [0.05, 0.1) is 6.10 Å². The van der Waals surface area contributed by atoms with E-state index in [-0.39, 0.29) is 12.4 Å². The molecule has 0 N–H and O–H groups in total. The standard InChI is InChI=1S/C21H25N2O.ClH/c1-3-9-18(10-4-1)15-22-16-23(21-14-8-7-13-20(21)22)17-24-19-11-5-2-6-12-19;/h1,3-4,7-10,13-14,16,19H,2,5-6,11-12,15,17H2;1H/q+1;/p-1. The number of benzene rings is 2. The summed E-state index contributed by atoms with van der Waals surface area (Å²) in [4.78, 5) is 0. The Kier molecular flexibility index (Phi) is 6.11. The molecule has 0 saturated heterocycles. The summed E-state index contributed by atoms with van der Waals surface area (Å²) in [6.45, 7) is 1.53. The highest BCUT2D eigenvalue weighted by atomic mass is 35.5. The number of imidazole rings is 1. The highest BCUT2D eigenvalue weighted by Crippen LogP contribution is 2.21. The van der Waals surface area contributed by atoms with E-state index in [2.05, 4.69) is 70.1 Å². The summed E-state index contributed by atoms with van der Waals surface area (Å²) in [5.74, 6) is 0. The van der Waals surface area contributed by atoms with Crippen LogP contribution in [0.2, 0.25) is 0 Å². The van der Waals surface area contributed by atoms with Gasteiger partial charge in [-0.1, -0.05) is 61.7 Å². The first-order valence-corrected chi connectivity index (χ1v) is 9.03. The van der Waals surface area contributed by atoms with Crippen LogP contribution in [0.3, 0.4) is 0 Å². The van der Waals surface area contributed by atoms with Crippen molar-refractivity contribution in [3.63, 3.8) is 0 Å². The molecule has 0 aliphatic heterocycles. The first kappa shape index (κ1) is 18.0. The van der Waals surface area contributed by atoms with Crippen molar-refractivity contribution in [2.75, 3.05) is 0 Å². The van der Waals surface area contributed by atoms with Gasteiger partial charge >= 0.3 is 0 Å². The molecule has 2 aromatic carbocycles. The van der Waals surface area contributed by atoms with Gasteiger partial charge in [-0.25, -0.2) is 9.13 Å². The number of fused-ring (bicyclic) bond motifs is 1. The van der Waals surface area contributed by atoms with E-state index in [1.165, 1.54) is 48.7 Å². The Morgan fingerprint density at radius 3 is 2.44 bits per heavy atom. The molecule has 25 heavy (non-hydrogen) atoms. The Morgan fingerprint density at radius 1 is 0.920 bits per heavy atom. The highest BCUT2D eigenvalue weighted by molar-refractivity contribution is 5.71. The normalized spacial score (nSPS) is 15.2. The average molecular weight is 357 g/mol. The SMILES string of the molecule is [Cl-].c1ccc(C[n+]2cn(COC3CCCCC3)c3ccccc32)cc1. The van der Waals surface area contributed by atoms with Crippen molar-refractivity contribution in [3.05, 3.63) is 66.5 Å². The lowest BCUT2D eigenvalue weighted by atomic mass is 9.98. The maximum Gasteiger partial charge on any atom is 0.246 e. The number of aromatic nitrogens is 2. The summed E-state index contributed by atoms with van der Waals surface area (Å²) in [7, 11) is 0. The van der Waals surface area contributed by atoms with Crippen molar-refractivity contribution in [1.29, 1.82) is 0 Å². The molecule has 1 heterocycles. The zero-order valence-electron chi connectivity index (χ0n) is 14.5. The van der Waals surface area contributed by atoms with Crippen molar-refractivity contribution in [3.8, 4) is 0 Å². The summed E-state index contributed by atoms with van der Waals surface area (Å²) in [5.41, 5.74) is 3.82. The summed E-state index contributed by atoms with van der Waals surface area (Å²) in [6, 6.07) is 19.2. The Balaban J connectivity index is 0.00000182. The molecule has 1 saturated carbocycles. The number of hydrogen-bond donors (Lipinski definition) is 0. The van der Waals surface area contributed by atoms with Crippen molar-refractivity contribution >= 4 is 11.0 Å². The van der Waals surface area contributed by atoms with Crippen molar-refractivity contribution in [1.82, 2.24) is 4.57 Å². The molecular weight excluding hydrogens is 332 g/mol. The number of ether oxygens (including phenoxy) is 1. The van der Waals surface area contributed by atoms with Crippen molar-refractivity contribution in [2.24, 2.45) is 0 Å². The van der Waals surface area contributed by atoms with Gasteiger partial charge in [-0.05, 0) is 30.5 Å². The van der Waals surface area contributed by atoms with E-state index in [1.54, 1.807) is 0 Å². The van der Waals surface area contributed by atoms with Crippen LogP contribution in [0, 0.1) is 0 Å². The minimum Gasteiger partial charge on any atom is -1.00 e. The molecule has 0 amide bonds. The van der Waals surface area contributed by atoms with Crippen LogP contribution in [0.25, 0.3) is 11.0 Å². The minimum absolute atomic E-state index is 0. The molecule has 3 nitrogen and oxygen atoms in total. The van der Waals surface area contributed by atoms with E-state index in [1.807, 2.05) is 0 Å². The van der Waals surface area contributed by atoms with Crippen LogP contribution in [0.5, 0.6) is 0 Å². The van der Waals surface area contributed by atoms with Crippen LogP contribution >= 0.6 is 0 Å². The molecule has 0 atom stereocenters. The third kappa shape index (κ3) is 4.23. The monoisotopic (exact) mass is 356 g/mol. The Morgan fingerprint density at radius 2 is 1.64 bits per heavy atom. The van der Waals surface area contributed by atoms with Gasteiger partial charge in [0.15, 0.2) is 17.8 Å². The number of para-hydroxylation sites is 2. The Labute approximate surface area is 155 Å². The number of nitrogens with zero attached hydrogens (tertiary/aromatic N) is 2. The second kappa shape index (κ2) is 8.50. The molecule has 1 aliphatic rings. The van der Waals surface area contributed by atoms with Gasteiger partial charge in [-0.2, -0.15) is 0 Å². The predicted molar refractivity (Wildman–Crippen MR) is 95.6 cm³/mol. The van der Waals surface area contributed by atoms with Gasteiger partial charge in [-0.3, -0.25) is 0 Å². The van der Waals surface area contributed by atoms with Gasteiger partial charge in [0, 0.05) is 0 Å². The first-order chi connectivity index (χ1) is 11.9. The van der Waals surface area contributed by atoms with Gasteiger partial charge in [0.2, 0.25) is 6.33 Å². The second-order valence-corrected chi connectivity index (χ2v) is 6.74. The van der Waals surface area contributed by atoms with Crippen LogP contribution < -0.4 is 17.0 Å². The average Bonchev–Trinajstić information content (AvgIpc) is 3.00. The molecule has 1 aliphatic carbocycles. The zero-order chi connectivity index (χ0) is 16.2. The van der Waals surface area contributed by atoms with E-state index >= 15 is 0 Å². The molecule has 0 radical (unpaired) electrons. The maximum absolute atomic E-state index is 6.19. The molecule has 0 bridgehead atoms. The molecule has 0 spiro atoms. The van der Waals surface area contributed by atoms with Crippen LogP contribution in [0.15, 0.2) is 60.9 Å². The molecule has 4 rings (SSSR count). The highest BCUT2D eigenvalue weighted by Gasteiger charge is 2.18. The topological polar surface area (TPSA) is 18.0 Å². The summed E-state index contributed by atoms with van der Waals surface area (Å²) < 4.78 is 10.7. The van der Waals surface area contributed by atoms with E-state index in [4.69, 9.17) is 4.74 Å². The summed E-state index contributed by atoms with van der Waals surface area (Å²) >= 11 is 0. The molecule has 0 unspecified atom stereocenters. The summed E-state index contributed by atoms with van der Waals surface area (Å²) in [5, 5.41) is 0. The van der Waals surface area contributed by atoms with E-state index < -0.39 is 0 Å². The second-order valence-electron chi connectivity index (χ2n) is 6.74. The fourth-order valence-corrected chi connectivity index (χ4v) is 3.67. The van der Waals surface area contributed by atoms with Crippen LogP contribution in [-0.4, -0.2) is 10.7 Å². The lowest BCUT2D eigenvalue weighted by molar-refractivity contribution is -0.663.